The Hall–Kier alpha value is -2.99. The van der Waals surface area contributed by atoms with Crippen LogP contribution in [0.25, 0.3) is 11.1 Å². The second kappa shape index (κ2) is 11.2. The minimum atomic E-state index is -0.839. The van der Waals surface area contributed by atoms with Crippen LogP contribution in [-0.2, 0) is 6.61 Å². The Morgan fingerprint density at radius 1 is 0.886 bits per heavy atom. The van der Waals surface area contributed by atoms with Crippen molar-refractivity contribution in [3.8, 4) is 22.6 Å². The number of aliphatic hydroxyl groups is 1. The van der Waals surface area contributed by atoms with Crippen LogP contribution in [0.2, 0.25) is 0 Å². The predicted molar refractivity (Wildman–Crippen MR) is 130 cm³/mol. The lowest BCUT2D eigenvalue weighted by atomic mass is 9.76. The summed E-state index contributed by atoms with van der Waals surface area (Å²) in [6, 6.07) is 14.8. The summed E-state index contributed by atoms with van der Waals surface area (Å²) in [6.07, 6.45) is 2.77. The molecule has 1 atom stereocenters. The molecule has 0 saturated heterocycles. The van der Waals surface area contributed by atoms with Gasteiger partial charge in [-0.1, -0.05) is 36.4 Å². The van der Waals surface area contributed by atoms with E-state index in [-0.39, 0.29) is 35.9 Å². The van der Waals surface area contributed by atoms with E-state index in [4.69, 9.17) is 9.47 Å². The molecular weight excluding hydrogens is 453 g/mol. The van der Waals surface area contributed by atoms with E-state index in [1.165, 1.54) is 12.1 Å². The molecular formula is C29H31F3O3. The van der Waals surface area contributed by atoms with Gasteiger partial charge in [-0.05, 0) is 80.2 Å². The third-order valence-electron chi connectivity index (χ3n) is 6.88. The molecule has 0 aromatic heterocycles. The Kier molecular flexibility index (Phi) is 8.01. The standard InChI is InChI=1S/C29H31F3O3/c1-3-34-27-15-12-23(16-26(27)30)35-17-19-4-6-21(7-5-19)24-13-14-25(29(32)28(24)31)22-10-8-20(9-11-22)18(2)33/h4-7,12-16,18,20,22,33H,3,8-11,17H2,1-2H3. The van der Waals surface area contributed by atoms with Crippen molar-refractivity contribution in [2.45, 2.75) is 58.2 Å². The minimum Gasteiger partial charge on any atom is -0.491 e. The second-order valence-corrected chi connectivity index (χ2v) is 9.19. The smallest absolute Gasteiger partial charge is 0.168 e. The van der Waals surface area contributed by atoms with E-state index in [0.717, 1.165) is 31.2 Å². The largest absolute Gasteiger partial charge is 0.491 e. The molecule has 3 aromatic rings. The maximum Gasteiger partial charge on any atom is 0.168 e. The van der Waals surface area contributed by atoms with Gasteiger partial charge in [0.15, 0.2) is 23.2 Å². The van der Waals surface area contributed by atoms with E-state index in [1.54, 1.807) is 56.3 Å². The van der Waals surface area contributed by atoms with Gasteiger partial charge in [0.2, 0.25) is 0 Å². The summed E-state index contributed by atoms with van der Waals surface area (Å²) in [5.74, 6) is -1.35. The van der Waals surface area contributed by atoms with Gasteiger partial charge < -0.3 is 14.6 Å². The number of aliphatic hydroxyl groups excluding tert-OH is 1. The van der Waals surface area contributed by atoms with Crippen LogP contribution in [0.15, 0.2) is 54.6 Å². The van der Waals surface area contributed by atoms with Gasteiger partial charge in [0.05, 0.1) is 12.7 Å². The summed E-state index contributed by atoms with van der Waals surface area (Å²) >= 11 is 0. The molecule has 35 heavy (non-hydrogen) atoms. The number of halogens is 3. The van der Waals surface area contributed by atoms with Crippen LogP contribution in [0.3, 0.4) is 0 Å². The number of rotatable bonds is 8. The van der Waals surface area contributed by atoms with E-state index < -0.39 is 17.5 Å². The van der Waals surface area contributed by atoms with Crippen LogP contribution in [0, 0.1) is 23.4 Å². The average molecular weight is 485 g/mol. The molecule has 3 aromatic carbocycles. The molecule has 1 N–H and O–H groups in total. The first-order valence-corrected chi connectivity index (χ1v) is 12.2. The second-order valence-electron chi connectivity index (χ2n) is 9.19. The molecule has 0 amide bonds. The van der Waals surface area contributed by atoms with E-state index in [2.05, 4.69) is 0 Å². The Bertz CT molecular complexity index is 1140. The van der Waals surface area contributed by atoms with Crippen LogP contribution >= 0.6 is 0 Å². The van der Waals surface area contributed by atoms with Crippen molar-refractivity contribution in [3.63, 3.8) is 0 Å². The quantitative estimate of drug-likeness (QED) is 0.362. The fourth-order valence-electron chi connectivity index (χ4n) is 4.81. The number of hydrogen-bond donors (Lipinski definition) is 1. The van der Waals surface area contributed by atoms with E-state index in [1.807, 2.05) is 0 Å². The van der Waals surface area contributed by atoms with E-state index in [9.17, 15) is 9.50 Å². The summed E-state index contributed by atoms with van der Waals surface area (Å²) < 4.78 is 54.8. The highest BCUT2D eigenvalue weighted by Gasteiger charge is 2.28. The van der Waals surface area contributed by atoms with Crippen LogP contribution < -0.4 is 9.47 Å². The molecule has 0 radical (unpaired) electrons. The number of benzene rings is 3. The Labute approximate surface area is 204 Å². The molecule has 0 aliphatic heterocycles. The predicted octanol–water partition coefficient (Wildman–Crippen LogP) is 7.40. The first-order valence-electron chi connectivity index (χ1n) is 12.2. The first kappa shape index (κ1) is 25.1. The van der Waals surface area contributed by atoms with Crippen molar-refractivity contribution in [3.05, 3.63) is 83.2 Å². The molecule has 1 saturated carbocycles. The minimum absolute atomic E-state index is 0.0273. The molecule has 0 spiro atoms. The van der Waals surface area contributed by atoms with Gasteiger partial charge in [-0.25, -0.2) is 13.2 Å². The fourth-order valence-corrected chi connectivity index (χ4v) is 4.81. The van der Waals surface area contributed by atoms with Crippen molar-refractivity contribution < 1.29 is 27.8 Å². The van der Waals surface area contributed by atoms with Crippen LogP contribution in [0.1, 0.15) is 56.6 Å². The number of hydrogen-bond acceptors (Lipinski definition) is 3. The summed E-state index contributed by atoms with van der Waals surface area (Å²) in [5.41, 5.74) is 2.02. The van der Waals surface area contributed by atoms with Gasteiger partial charge in [-0.2, -0.15) is 0 Å². The van der Waals surface area contributed by atoms with Crippen molar-refractivity contribution in [1.82, 2.24) is 0 Å². The lowest BCUT2D eigenvalue weighted by molar-refractivity contribution is 0.0964. The van der Waals surface area contributed by atoms with Gasteiger partial charge >= 0.3 is 0 Å². The number of ether oxygens (including phenoxy) is 2. The molecule has 4 rings (SSSR count). The van der Waals surface area contributed by atoms with Crippen LogP contribution in [-0.4, -0.2) is 17.8 Å². The normalized spacial score (nSPS) is 18.8. The summed E-state index contributed by atoms with van der Waals surface area (Å²) in [7, 11) is 0. The fraction of sp³-hybridized carbons (Fsp3) is 0.379. The van der Waals surface area contributed by atoms with Gasteiger partial charge in [-0.15, -0.1) is 0 Å². The molecule has 1 fully saturated rings. The lowest BCUT2D eigenvalue weighted by Crippen LogP contribution is -2.23. The van der Waals surface area contributed by atoms with Gasteiger partial charge in [0, 0.05) is 11.6 Å². The molecule has 3 nitrogen and oxygen atoms in total. The van der Waals surface area contributed by atoms with E-state index >= 15 is 8.78 Å². The highest BCUT2D eigenvalue weighted by atomic mass is 19.2. The van der Waals surface area contributed by atoms with Crippen molar-refractivity contribution >= 4 is 0 Å². The summed E-state index contributed by atoms with van der Waals surface area (Å²) in [5, 5.41) is 9.78. The van der Waals surface area contributed by atoms with Gasteiger partial charge in [-0.3, -0.25) is 0 Å². The van der Waals surface area contributed by atoms with Gasteiger partial charge in [0.25, 0.3) is 0 Å². The molecule has 1 aliphatic carbocycles. The maximum atomic E-state index is 15.0. The zero-order valence-corrected chi connectivity index (χ0v) is 20.1. The zero-order chi connectivity index (χ0) is 24.9. The third kappa shape index (κ3) is 5.81. The van der Waals surface area contributed by atoms with Crippen molar-refractivity contribution in [1.29, 1.82) is 0 Å². The highest BCUT2D eigenvalue weighted by Crippen LogP contribution is 2.39. The Balaban J connectivity index is 1.42. The molecule has 1 aliphatic rings. The molecule has 0 heterocycles. The molecule has 6 heteroatoms. The maximum absolute atomic E-state index is 15.0. The van der Waals surface area contributed by atoms with Crippen molar-refractivity contribution in [2.75, 3.05) is 6.61 Å². The van der Waals surface area contributed by atoms with Crippen molar-refractivity contribution in [2.24, 2.45) is 5.92 Å². The first-order chi connectivity index (χ1) is 16.9. The summed E-state index contributed by atoms with van der Waals surface area (Å²) in [4.78, 5) is 0. The average Bonchev–Trinajstić information content (AvgIpc) is 2.86. The zero-order valence-electron chi connectivity index (χ0n) is 20.1. The Morgan fingerprint density at radius 2 is 1.60 bits per heavy atom. The topological polar surface area (TPSA) is 38.7 Å². The summed E-state index contributed by atoms with van der Waals surface area (Å²) in [6.45, 7) is 4.16. The molecule has 0 bridgehead atoms. The van der Waals surface area contributed by atoms with E-state index in [0.29, 0.717) is 23.5 Å². The third-order valence-corrected chi connectivity index (χ3v) is 6.88. The van der Waals surface area contributed by atoms with Crippen LogP contribution in [0.5, 0.6) is 11.5 Å². The van der Waals surface area contributed by atoms with Crippen LogP contribution in [0.4, 0.5) is 13.2 Å². The monoisotopic (exact) mass is 484 g/mol. The highest BCUT2D eigenvalue weighted by molar-refractivity contribution is 5.65. The molecule has 186 valence electrons. The molecule has 1 unspecified atom stereocenters. The Morgan fingerprint density at radius 3 is 2.23 bits per heavy atom. The lowest BCUT2D eigenvalue weighted by Gasteiger charge is -2.30. The van der Waals surface area contributed by atoms with Gasteiger partial charge in [0.1, 0.15) is 12.4 Å². The SMILES string of the molecule is CCOc1ccc(OCc2ccc(-c3ccc(C4CCC(C(C)O)CC4)c(F)c3F)cc2)cc1F.